The minimum Gasteiger partial charge on any atom is -0.390 e. The largest absolute Gasteiger partial charge is 0.390 e. The zero-order chi connectivity index (χ0) is 15.3. The summed E-state index contributed by atoms with van der Waals surface area (Å²) in [6, 6.07) is 0. The van der Waals surface area contributed by atoms with Crippen LogP contribution in [0.15, 0.2) is 0 Å². The number of ether oxygens (including phenoxy) is 1. The van der Waals surface area contributed by atoms with E-state index in [0.717, 1.165) is 30.8 Å². The van der Waals surface area contributed by atoms with Crippen LogP contribution in [0, 0.1) is 6.92 Å². The lowest BCUT2D eigenvalue weighted by Gasteiger charge is -2.36. The molecule has 1 aromatic heterocycles. The molecule has 1 heterocycles. The van der Waals surface area contributed by atoms with E-state index in [1.54, 1.807) is 0 Å². The Morgan fingerprint density at radius 1 is 1.30 bits per heavy atom. The summed E-state index contributed by atoms with van der Waals surface area (Å²) in [4.78, 5) is 0. The average molecular weight is 303 g/mol. The van der Waals surface area contributed by atoms with Crippen LogP contribution in [-0.4, -0.2) is 33.2 Å². The fraction of sp³-hybridized carbons (Fsp3) is 0.800. The summed E-state index contributed by atoms with van der Waals surface area (Å²) in [5.41, 5.74) is 1.20. The first-order valence-corrected chi connectivity index (χ1v) is 7.87. The van der Waals surface area contributed by atoms with Gasteiger partial charge in [0.25, 0.3) is 0 Å². The summed E-state index contributed by atoms with van der Waals surface area (Å²) in [6.45, 7) is 11.3. The smallest absolute Gasteiger partial charge is 0.0938 e. The zero-order valence-electron chi connectivity index (χ0n) is 13.2. The second-order valence-corrected chi connectivity index (χ2v) is 5.46. The molecule has 0 fully saturated rings. The van der Waals surface area contributed by atoms with Gasteiger partial charge in [-0.3, -0.25) is 4.68 Å². The number of aliphatic hydroxyl groups excluding tert-OH is 1. The molecule has 1 aromatic rings. The maximum absolute atomic E-state index is 10.7. The molecule has 0 saturated carbocycles. The van der Waals surface area contributed by atoms with Crippen LogP contribution in [0.1, 0.15) is 51.9 Å². The molecule has 0 spiro atoms. The van der Waals surface area contributed by atoms with Gasteiger partial charge < -0.3 is 9.84 Å². The van der Waals surface area contributed by atoms with E-state index in [0.29, 0.717) is 18.1 Å². The maximum atomic E-state index is 10.7. The highest BCUT2D eigenvalue weighted by Gasteiger charge is 2.36. The molecular formula is C15H27ClN2O2. The van der Waals surface area contributed by atoms with E-state index in [2.05, 4.69) is 5.10 Å². The highest BCUT2D eigenvalue weighted by molar-refractivity contribution is 6.31. The molecule has 5 heteroatoms. The number of halogens is 1. The normalized spacial score (nSPS) is 13.8. The van der Waals surface area contributed by atoms with Gasteiger partial charge in [-0.2, -0.15) is 5.10 Å². The first-order chi connectivity index (χ1) is 9.45. The van der Waals surface area contributed by atoms with Gasteiger partial charge in [-0.1, -0.05) is 25.4 Å². The molecule has 0 radical (unpaired) electrons. The molecule has 1 atom stereocenters. The van der Waals surface area contributed by atoms with Gasteiger partial charge in [-0.15, -0.1) is 0 Å². The number of hydrogen-bond acceptors (Lipinski definition) is 3. The predicted molar refractivity (Wildman–Crippen MR) is 82.3 cm³/mol. The molecule has 0 saturated heterocycles. The van der Waals surface area contributed by atoms with Gasteiger partial charge >= 0.3 is 0 Å². The molecule has 1 N–H and O–H groups in total. The number of aryl methyl sites for hydroxylation is 2. The van der Waals surface area contributed by atoms with Gasteiger partial charge in [0, 0.05) is 19.6 Å². The van der Waals surface area contributed by atoms with Crippen LogP contribution in [-0.2, 0) is 17.7 Å². The maximum Gasteiger partial charge on any atom is 0.0938 e. The van der Waals surface area contributed by atoms with Crippen LogP contribution in [0.4, 0.5) is 0 Å². The molecule has 1 rings (SSSR count). The lowest BCUT2D eigenvalue weighted by atomic mass is 9.87. The van der Waals surface area contributed by atoms with Crippen LogP contribution in [0.25, 0.3) is 0 Å². The quantitative estimate of drug-likeness (QED) is 0.801. The van der Waals surface area contributed by atoms with Crippen LogP contribution < -0.4 is 0 Å². The molecule has 0 amide bonds. The number of rotatable bonds is 8. The number of aliphatic hydroxyl groups is 1. The molecule has 0 aliphatic rings. The summed E-state index contributed by atoms with van der Waals surface area (Å²) < 4.78 is 7.72. The van der Waals surface area contributed by atoms with Gasteiger partial charge in [0.15, 0.2) is 0 Å². The van der Waals surface area contributed by atoms with Crippen molar-refractivity contribution in [1.82, 2.24) is 9.78 Å². The van der Waals surface area contributed by atoms with Crippen molar-refractivity contribution in [3.8, 4) is 0 Å². The van der Waals surface area contributed by atoms with Crippen molar-refractivity contribution in [3.05, 3.63) is 16.4 Å². The van der Waals surface area contributed by atoms with Gasteiger partial charge in [-0.25, -0.2) is 0 Å². The summed E-state index contributed by atoms with van der Waals surface area (Å²) in [7, 11) is 0. The molecule has 0 aliphatic heterocycles. The third kappa shape index (κ3) is 3.35. The van der Waals surface area contributed by atoms with Crippen LogP contribution >= 0.6 is 11.6 Å². The molecule has 1 unspecified atom stereocenters. The van der Waals surface area contributed by atoms with E-state index in [1.165, 1.54) is 0 Å². The predicted octanol–water partition coefficient (Wildman–Crippen LogP) is 3.36. The molecule has 116 valence electrons. The Hall–Kier alpha value is -0.580. The Labute approximate surface area is 127 Å². The summed E-state index contributed by atoms with van der Waals surface area (Å²) in [5.74, 6) is 0. The van der Waals surface area contributed by atoms with E-state index in [9.17, 15) is 5.11 Å². The average Bonchev–Trinajstić information content (AvgIpc) is 2.72. The Morgan fingerprint density at radius 3 is 2.35 bits per heavy atom. The molecule has 0 aliphatic carbocycles. The highest BCUT2D eigenvalue weighted by Crippen LogP contribution is 2.30. The van der Waals surface area contributed by atoms with Crippen molar-refractivity contribution >= 4 is 11.6 Å². The van der Waals surface area contributed by atoms with Crippen molar-refractivity contribution in [2.45, 2.75) is 72.1 Å². The lowest BCUT2D eigenvalue weighted by Crippen LogP contribution is -2.45. The van der Waals surface area contributed by atoms with E-state index in [4.69, 9.17) is 16.3 Å². The molecular weight excluding hydrogens is 276 g/mol. The second-order valence-electron chi connectivity index (χ2n) is 5.09. The van der Waals surface area contributed by atoms with Gasteiger partial charge in [-0.05, 0) is 33.6 Å². The fourth-order valence-corrected chi connectivity index (χ4v) is 2.95. The van der Waals surface area contributed by atoms with Crippen molar-refractivity contribution < 1.29 is 9.84 Å². The van der Waals surface area contributed by atoms with E-state index in [1.807, 2.05) is 39.3 Å². The third-order valence-electron chi connectivity index (χ3n) is 4.08. The molecule has 0 aromatic carbocycles. The van der Waals surface area contributed by atoms with Gasteiger partial charge in [0.1, 0.15) is 0 Å². The Bertz CT molecular complexity index is 428. The summed E-state index contributed by atoms with van der Waals surface area (Å²) in [6.07, 6.45) is 1.43. The number of nitrogens with zero attached hydrogens (tertiary/aromatic N) is 2. The van der Waals surface area contributed by atoms with Gasteiger partial charge in [0.05, 0.1) is 28.1 Å². The first kappa shape index (κ1) is 17.5. The van der Waals surface area contributed by atoms with E-state index in [-0.39, 0.29) is 0 Å². The van der Waals surface area contributed by atoms with Crippen LogP contribution in [0.3, 0.4) is 0 Å². The minimum atomic E-state index is -0.587. The monoisotopic (exact) mass is 302 g/mol. The topological polar surface area (TPSA) is 47.3 Å². The standard InChI is InChI=1S/C15H27ClN2O2/c1-6-15(7-2,20-9-4)13(19)10-12-14(16)11(5)17-18(12)8-3/h13,19H,6-10H2,1-5H3. The van der Waals surface area contributed by atoms with Crippen molar-refractivity contribution in [1.29, 1.82) is 0 Å². The lowest BCUT2D eigenvalue weighted by molar-refractivity contribution is -0.124. The highest BCUT2D eigenvalue weighted by atomic mass is 35.5. The molecule has 4 nitrogen and oxygen atoms in total. The summed E-state index contributed by atoms with van der Waals surface area (Å²) >= 11 is 6.32. The number of aromatic nitrogens is 2. The van der Waals surface area contributed by atoms with E-state index < -0.39 is 11.7 Å². The van der Waals surface area contributed by atoms with Crippen molar-refractivity contribution in [2.24, 2.45) is 0 Å². The Morgan fingerprint density at radius 2 is 1.90 bits per heavy atom. The zero-order valence-corrected chi connectivity index (χ0v) is 14.0. The van der Waals surface area contributed by atoms with E-state index >= 15 is 0 Å². The Kier molecular flexibility index (Phi) is 6.49. The third-order valence-corrected chi connectivity index (χ3v) is 4.57. The van der Waals surface area contributed by atoms with Crippen molar-refractivity contribution in [2.75, 3.05) is 6.61 Å². The summed E-state index contributed by atoms with van der Waals surface area (Å²) in [5, 5.41) is 15.7. The van der Waals surface area contributed by atoms with Crippen LogP contribution in [0.2, 0.25) is 5.02 Å². The minimum absolute atomic E-state index is 0.467. The molecule has 20 heavy (non-hydrogen) atoms. The first-order valence-electron chi connectivity index (χ1n) is 7.49. The van der Waals surface area contributed by atoms with Crippen molar-refractivity contribution in [3.63, 3.8) is 0 Å². The Balaban J connectivity index is 3.01. The second kappa shape index (κ2) is 7.43. The van der Waals surface area contributed by atoms with Gasteiger partial charge in [0.2, 0.25) is 0 Å². The number of hydrogen-bond donors (Lipinski definition) is 1. The SMILES string of the molecule is CCOC(CC)(CC)C(O)Cc1c(Cl)c(C)nn1CC. The molecule has 0 bridgehead atoms. The van der Waals surface area contributed by atoms with Crippen LogP contribution in [0.5, 0.6) is 0 Å². The fourth-order valence-electron chi connectivity index (χ4n) is 2.74.